The molecule has 2 heterocycles. The number of para-hydroxylation sites is 1. The lowest BCUT2D eigenvalue weighted by molar-refractivity contribution is 0.0505. The Bertz CT molecular complexity index is 791. The second-order valence-corrected chi connectivity index (χ2v) is 4.47. The first kappa shape index (κ1) is 13.2. The molecule has 0 fully saturated rings. The number of carbonyl (C=O) groups is 1. The highest BCUT2D eigenvalue weighted by Gasteiger charge is 2.18. The highest BCUT2D eigenvalue weighted by atomic mass is 16.5. The molecule has 1 aromatic carbocycles. The minimum absolute atomic E-state index is 0.0755. The Morgan fingerprint density at radius 1 is 1.33 bits per heavy atom. The Kier molecular flexibility index (Phi) is 3.35. The largest absolute Gasteiger partial charge is 0.460 e. The van der Waals surface area contributed by atoms with Crippen molar-refractivity contribution in [3.05, 3.63) is 35.8 Å². The van der Waals surface area contributed by atoms with Crippen LogP contribution in [0.3, 0.4) is 0 Å². The van der Waals surface area contributed by atoms with Crippen LogP contribution in [-0.2, 0) is 18.3 Å². The average Bonchev–Trinajstić information content (AvgIpc) is 3.06. The predicted molar refractivity (Wildman–Crippen MR) is 73.6 cm³/mol. The van der Waals surface area contributed by atoms with Crippen LogP contribution in [0.4, 0.5) is 0 Å². The van der Waals surface area contributed by atoms with Crippen LogP contribution >= 0.6 is 0 Å². The molecule has 8 nitrogen and oxygen atoms in total. The fourth-order valence-electron chi connectivity index (χ4n) is 2.20. The Hall–Kier alpha value is -2.77. The molecule has 8 heteroatoms. The van der Waals surface area contributed by atoms with Crippen LogP contribution in [-0.4, -0.2) is 42.6 Å². The Balaban J connectivity index is 1.96. The van der Waals surface area contributed by atoms with Crippen LogP contribution in [0.5, 0.6) is 0 Å². The van der Waals surface area contributed by atoms with E-state index in [1.54, 1.807) is 11.6 Å². The molecule has 0 unspecified atom stereocenters. The fourth-order valence-corrected chi connectivity index (χ4v) is 2.20. The summed E-state index contributed by atoms with van der Waals surface area (Å²) >= 11 is 0. The zero-order valence-corrected chi connectivity index (χ0v) is 11.7. The lowest BCUT2D eigenvalue weighted by Crippen LogP contribution is -2.15. The predicted octanol–water partition coefficient (Wildman–Crippen LogP) is 0.785. The molecule has 0 aliphatic rings. The molecule has 3 rings (SSSR count). The third-order valence-electron chi connectivity index (χ3n) is 3.12. The average molecular weight is 286 g/mol. The first-order chi connectivity index (χ1) is 10.2. The second kappa shape index (κ2) is 5.31. The summed E-state index contributed by atoms with van der Waals surface area (Å²) in [7, 11) is 1.87. The van der Waals surface area contributed by atoms with E-state index in [2.05, 4.69) is 20.6 Å². The number of hydrogen-bond donors (Lipinski definition) is 0. The Labute approximate surface area is 120 Å². The summed E-state index contributed by atoms with van der Waals surface area (Å²) in [5.74, 6) is -0.464. The number of nitrogens with zero attached hydrogens (tertiary/aromatic N) is 6. The minimum atomic E-state index is -0.539. The SMILES string of the molecule is CCOC(=O)c1nnnn1Cc1nn(C)c2ccccc12. The summed E-state index contributed by atoms with van der Waals surface area (Å²) in [6.07, 6.45) is 0. The number of rotatable bonds is 4. The van der Waals surface area contributed by atoms with E-state index in [1.165, 1.54) is 4.68 Å². The molecule has 108 valence electrons. The van der Waals surface area contributed by atoms with Gasteiger partial charge in [0.25, 0.3) is 5.82 Å². The summed E-state index contributed by atoms with van der Waals surface area (Å²) in [6.45, 7) is 2.32. The molecule has 0 amide bonds. The van der Waals surface area contributed by atoms with Gasteiger partial charge in [-0.25, -0.2) is 9.48 Å². The summed E-state index contributed by atoms with van der Waals surface area (Å²) in [4.78, 5) is 11.8. The van der Waals surface area contributed by atoms with Crippen LogP contribution in [0, 0.1) is 0 Å². The van der Waals surface area contributed by atoms with Gasteiger partial charge in [0.05, 0.1) is 24.4 Å². The van der Waals surface area contributed by atoms with Gasteiger partial charge in [0.2, 0.25) is 0 Å². The van der Waals surface area contributed by atoms with Crippen LogP contribution in [0.15, 0.2) is 24.3 Å². The molecule has 0 bridgehead atoms. The maximum atomic E-state index is 11.8. The zero-order chi connectivity index (χ0) is 14.8. The minimum Gasteiger partial charge on any atom is -0.460 e. The number of aromatic nitrogens is 6. The number of hydrogen-bond acceptors (Lipinski definition) is 6. The van der Waals surface area contributed by atoms with Crippen LogP contribution < -0.4 is 0 Å². The number of carbonyl (C=O) groups excluding carboxylic acids is 1. The van der Waals surface area contributed by atoms with Gasteiger partial charge in [0.15, 0.2) is 0 Å². The van der Waals surface area contributed by atoms with Crippen molar-refractivity contribution in [3.8, 4) is 0 Å². The lowest BCUT2D eigenvalue weighted by atomic mass is 10.2. The number of esters is 1. The molecule has 21 heavy (non-hydrogen) atoms. The molecule has 2 aromatic heterocycles. The first-order valence-corrected chi connectivity index (χ1v) is 6.54. The van der Waals surface area contributed by atoms with Crippen LogP contribution in [0.1, 0.15) is 23.2 Å². The normalized spacial score (nSPS) is 11.0. The highest BCUT2D eigenvalue weighted by molar-refractivity contribution is 5.85. The van der Waals surface area contributed by atoms with Gasteiger partial charge in [0.1, 0.15) is 0 Å². The van der Waals surface area contributed by atoms with Crippen LogP contribution in [0.25, 0.3) is 10.9 Å². The van der Waals surface area contributed by atoms with E-state index in [-0.39, 0.29) is 12.4 Å². The molecule has 0 radical (unpaired) electrons. The van der Waals surface area contributed by atoms with E-state index in [0.717, 1.165) is 16.6 Å². The summed E-state index contributed by atoms with van der Waals surface area (Å²) in [5, 5.41) is 16.5. The van der Waals surface area contributed by atoms with E-state index in [0.29, 0.717) is 6.54 Å². The first-order valence-electron chi connectivity index (χ1n) is 6.54. The molecule has 0 aliphatic heterocycles. The molecule has 3 aromatic rings. The maximum Gasteiger partial charge on any atom is 0.378 e. The van der Waals surface area contributed by atoms with Gasteiger partial charge in [-0.2, -0.15) is 5.10 Å². The highest BCUT2D eigenvalue weighted by Crippen LogP contribution is 2.18. The standard InChI is InChI=1S/C13H14N6O2/c1-3-21-13(20)12-14-16-17-19(12)8-10-9-6-4-5-7-11(9)18(2)15-10/h4-7H,3,8H2,1-2H3. The molecule has 0 atom stereocenters. The van der Waals surface area contributed by atoms with E-state index < -0.39 is 5.97 Å². The number of aryl methyl sites for hydroxylation is 1. The molecular formula is C13H14N6O2. The number of benzene rings is 1. The van der Waals surface area contributed by atoms with Crippen molar-refractivity contribution in [3.63, 3.8) is 0 Å². The van der Waals surface area contributed by atoms with Gasteiger partial charge in [-0.05, 0) is 23.4 Å². The summed E-state index contributed by atoms with van der Waals surface area (Å²) in [5.41, 5.74) is 1.81. The fraction of sp³-hybridized carbons (Fsp3) is 0.308. The molecule has 0 aliphatic carbocycles. The Morgan fingerprint density at radius 2 is 2.14 bits per heavy atom. The molecule has 0 saturated carbocycles. The maximum absolute atomic E-state index is 11.8. The van der Waals surface area contributed by atoms with Crippen molar-refractivity contribution in [1.82, 2.24) is 30.0 Å². The van der Waals surface area contributed by atoms with E-state index in [1.807, 2.05) is 31.3 Å². The molecule has 0 spiro atoms. The van der Waals surface area contributed by atoms with Crippen LogP contribution in [0.2, 0.25) is 0 Å². The van der Waals surface area contributed by atoms with Gasteiger partial charge in [-0.1, -0.05) is 18.2 Å². The summed E-state index contributed by atoms with van der Waals surface area (Å²) in [6, 6.07) is 7.86. The van der Waals surface area contributed by atoms with Crippen molar-refractivity contribution in [2.75, 3.05) is 6.61 Å². The second-order valence-electron chi connectivity index (χ2n) is 4.47. The van der Waals surface area contributed by atoms with Gasteiger partial charge in [-0.3, -0.25) is 4.68 Å². The lowest BCUT2D eigenvalue weighted by Gasteiger charge is -2.02. The topological polar surface area (TPSA) is 87.7 Å². The van der Waals surface area contributed by atoms with Gasteiger partial charge >= 0.3 is 5.97 Å². The Morgan fingerprint density at radius 3 is 2.95 bits per heavy atom. The van der Waals surface area contributed by atoms with Gasteiger partial charge < -0.3 is 4.74 Å². The molecular weight excluding hydrogens is 272 g/mol. The summed E-state index contributed by atoms with van der Waals surface area (Å²) < 4.78 is 8.12. The smallest absolute Gasteiger partial charge is 0.378 e. The van der Waals surface area contributed by atoms with Crippen molar-refractivity contribution in [2.24, 2.45) is 7.05 Å². The third kappa shape index (κ3) is 2.35. The van der Waals surface area contributed by atoms with Gasteiger partial charge in [-0.15, -0.1) is 5.10 Å². The number of fused-ring (bicyclic) bond motifs is 1. The van der Waals surface area contributed by atoms with E-state index >= 15 is 0 Å². The molecule has 0 saturated heterocycles. The van der Waals surface area contributed by atoms with Crippen molar-refractivity contribution in [2.45, 2.75) is 13.5 Å². The van der Waals surface area contributed by atoms with E-state index in [9.17, 15) is 4.79 Å². The van der Waals surface area contributed by atoms with Crippen molar-refractivity contribution < 1.29 is 9.53 Å². The van der Waals surface area contributed by atoms with Crippen molar-refractivity contribution in [1.29, 1.82) is 0 Å². The molecule has 0 N–H and O–H groups in total. The monoisotopic (exact) mass is 286 g/mol. The third-order valence-corrected chi connectivity index (χ3v) is 3.12. The van der Waals surface area contributed by atoms with Gasteiger partial charge in [0, 0.05) is 12.4 Å². The van der Waals surface area contributed by atoms with E-state index in [4.69, 9.17) is 4.74 Å². The number of ether oxygens (including phenoxy) is 1. The number of tetrazole rings is 1. The van der Waals surface area contributed by atoms with Crippen molar-refractivity contribution >= 4 is 16.9 Å². The zero-order valence-electron chi connectivity index (χ0n) is 11.7. The quantitative estimate of drug-likeness (QED) is 0.659.